The first-order valence-electron chi connectivity index (χ1n) is 5.58. The molecule has 3 nitrogen and oxygen atoms in total. The second-order valence-corrected chi connectivity index (χ2v) is 5.31. The Morgan fingerprint density at radius 2 is 2.11 bits per heavy atom. The normalized spacial score (nSPS) is 10.7. The number of hydrogen-bond donors (Lipinski definition) is 2. The highest BCUT2D eigenvalue weighted by atomic mass is 32.1. The predicted molar refractivity (Wildman–Crippen MR) is 78.6 cm³/mol. The fourth-order valence-corrected chi connectivity index (χ4v) is 2.61. The van der Waals surface area contributed by atoms with E-state index < -0.39 is 0 Å². The number of aromatic nitrogens is 2. The molecule has 0 saturated heterocycles. The van der Waals surface area contributed by atoms with Gasteiger partial charge >= 0.3 is 0 Å². The number of thiophene rings is 1. The Balaban J connectivity index is 1.92. The number of benzene rings is 1. The van der Waals surface area contributed by atoms with Crippen LogP contribution in [0.15, 0.2) is 41.8 Å². The second kappa shape index (κ2) is 4.88. The van der Waals surface area contributed by atoms with Gasteiger partial charge in [0.1, 0.15) is 4.64 Å². The van der Waals surface area contributed by atoms with Crippen molar-refractivity contribution in [1.29, 1.82) is 0 Å². The van der Waals surface area contributed by atoms with Crippen molar-refractivity contribution in [2.75, 3.05) is 5.32 Å². The number of nitrogens with one attached hydrogen (secondary N) is 2. The van der Waals surface area contributed by atoms with E-state index >= 15 is 0 Å². The van der Waals surface area contributed by atoms with E-state index in [2.05, 4.69) is 26.7 Å². The van der Waals surface area contributed by atoms with E-state index in [9.17, 15) is 0 Å². The zero-order chi connectivity index (χ0) is 12.4. The molecule has 1 aromatic carbocycles. The summed E-state index contributed by atoms with van der Waals surface area (Å²) in [4.78, 5) is 8.98. The molecule has 0 atom stereocenters. The minimum atomic E-state index is 0.644. The van der Waals surface area contributed by atoms with E-state index in [0.29, 0.717) is 4.64 Å². The summed E-state index contributed by atoms with van der Waals surface area (Å²) in [6.07, 6.45) is 0. The van der Waals surface area contributed by atoms with Gasteiger partial charge in [-0.2, -0.15) is 0 Å². The van der Waals surface area contributed by atoms with Gasteiger partial charge in [0.25, 0.3) is 0 Å². The molecule has 0 unspecified atom stereocenters. The summed E-state index contributed by atoms with van der Waals surface area (Å²) in [5.41, 5.74) is 1.88. The van der Waals surface area contributed by atoms with Crippen molar-refractivity contribution in [2.45, 2.75) is 6.54 Å². The third-order valence-electron chi connectivity index (χ3n) is 2.61. The lowest BCUT2D eigenvalue weighted by Crippen LogP contribution is -2.02. The zero-order valence-corrected chi connectivity index (χ0v) is 11.1. The summed E-state index contributed by atoms with van der Waals surface area (Å²) in [5, 5.41) is 5.33. The van der Waals surface area contributed by atoms with Crippen LogP contribution in [0.2, 0.25) is 0 Å². The first kappa shape index (κ1) is 11.4. The van der Waals surface area contributed by atoms with Crippen LogP contribution >= 0.6 is 23.6 Å². The molecule has 5 heteroatoms. The molecule has 0 fully saturated rings. The molecule has 18 heavy (non-hydrogen) atoms. The topological polar surface area (TPSA) is 40.7 Å². The SMILES string of the molecule is S=c1[nH]c2ccccc2nc1NCc1cccs1. The first-order valence-corrected chi connectivity index (χ1v) is 6.87. The Kier molecular flexibility index (Phi) is 3.08. The van der Waals surface area contributed by atoms with Gasteiger partial charge in [0, 0.05) is 4.88 Å². The van der Waals surface area contributed by atoms with Crippen molar-refractivity contribution in [3.8, 4) is 0 Å². The Bertz CT molecular complexity index is 716. The van der Waals surface area contributed by atoms with Crippen molar-refractivity contribution in [3.05, 3.63) is 51.3 Å². The molecule has 3 rings (SSSR count). The van der Waals surface area contributed by atoms with Gasteiger partial charge < -0.3 is 10.3 Å². The molecule has 0 aliphatic rings. The lowest BCUT2D eigenvalue weighted by Gasteiger charge is -2.05. The minimum Gasteiger partial charge on any atom is -0.363 e. The maximum Gasteiger partial charge on any atom is 0.162 e. The molecule has 0 aliphatic heterocycles. The molecular formula is C13H11N3S2. The van der Waals surface area contributed by atoms with Crippen molar-refractivity contribution in [3.63, 3.8) is 0 Å². The van der Waals surface area contributed by atoms with Crippen LogP contribution in [0.3, 0.4) is 0 Å². The summed E-state index contributed by atoms with van der Waals surface area (Å²) in [5.74, 6) is 0.733. The Hall–Kier alpha value is -1.72. The molecule has 0 radical (unpaired) electrons. The summed E-state index contributed by atoms with van der Waals surface area (Å²) in [6.45, 7) is 0.750. The smallest absolute Gasteiger partial charge is 0.162 e. The van der Waals surface area contributed by atoms with Crippen LogP contribution in [-0.2, 0) is 6.54 Å². The monoisotopic (exact) mass is 273 g/mol. The van der Waals surface area contributed by atoms with Crippen LogP contribution in [-0.4, -0.2) is 9.97 Å². The number of hydrogen-bond acceptors (Lipinski definition) is 4. The molecule has 0 aliphatic carbocycles. The number of H-pyrrole nitrogens is 1. The van der Waals surface area contributed by atoms with Gasteiger partial charge in [0.05, 0.1) is 17.6 Å². The summed E-state index contributed by atoms with van der Waals surface area (Å²) in [6, 6.07) is 12.0. The second-order valence-electron chi connectivity index (χ2n) is 3.86. The van der Waals surface area contributed by atoms with Crippen LogP contribution in [0.5, 0.6) is 0 Å². The highest BCUT2D eigenvalue weighted by Crippen LogP contribution is 2.15. The van der Waals surface area contributed by atoms with Gasteiger partial charge in [-0.05, 0) is 23.6 Å². The first-order chi connectivity index (χ1) is 8.83. The number of rotatable bonds is 3. The van der Waals surface area contributed by atoms with Gasteiger partial charge in [0.15, 0.2) is 5.82 Å². The van der Waals surface area contributed by atoms with Crippen molar-refractivity contribution >= 4 is 40.4 Å². The van der Waals surface area contributed by atoms with E-state index in [1.54, 1.807) is 11.3 Å². The van der Waals surface area contributed by atoms with Gasteiger partial charge in [-0.3, -0.25) is 0 Å². The van der Waals surface area contributed by atoms with E-state index in [0.717, 1.165) is 23.4 Å². The summed E-state index contributed by atoms with van der Waals surface area (Å²) >= 11 is 7.01. The lowest BCUT2D eigenvalue weighted by atomic mass is 10.3. The molecule has 0 spiro atoms. The van der Waals surface area contributed by atoms with Crippen LogP contribution < -0.4 is 5.32 Å². The van der Waals surface area contributed by atoms with E-state index in [1.807, 2.05) is 30.3 Å². The van der Waals surface area contributed by atoms with Crippen LogP contribution in [0, 0.1) is 4.64 Å². The third-order valence-corrected chi connectivity index (χ3v) is 3.78. The maximum absolute atomic E-state index is 5.30. The maximum atomic E-state index is 5.30. The predicted octanol–water partition coefficient (Wildman–Crippen LogP) is 3.97. The molecule has 3 aromatic rings. The number of fused-ring (bicyclic) bond motifs is 1. The Morgan fingerprint density at radius 1 is 1.22 bits per heavy atom. The standard InChI is InChI=1S/C13H11N3S2/c17-13-12(14-8-9-4-3-7-18-9)15-10-5-1-2-6-11(10)16-13/h1-7H,8H2,(H,14,15)(H,16,17). The van der Waals surface area contributed by atoms with Gasteiger partial charge in [-0.25, -0.2) is 4.98 Å². The van der Waals surface area contributed by atoms with E-state index in [-0.39, 0.29) is 0 Å². The van der Waals surface area contributed by atoms with Crippen LogP contribution in [0.25, 0.3) is 11.0 Å². The molecule has 2 N–H and O–H groups in total. The highest BCUT2D eigenvalue weighted by Gasteiger charge is 2.01. The molecule has 0 bridgehead atoms. The molecule has 2 heterocycles. The molecule has 0 amide bonds. The van der Waals surface area contributed by atoms with Crippen molar-refractivity contribution in [1.82, 2.24) is 9.97 Å². The Morgan fingerprint density at radius 3 is 2.94 bits per heavy atom. The molecule has 0 saturated carbocycles. The average Bonchev–Trinajstić information content (AvgIpc) is 2.89. The van der Waals surface area contributed by atoms with Crippen molar-refractivity contribution in [2.24, 2.45) is 0 Å². The largest absolute Gasteiger partial charge is 0.363 e. The quantitative estimate of drug-likeness (QED) is 0.709. The number of para-hydroxylation sites is 2. The van der Waals surface area contributed by atoms with Gasteiger partial charge in [-0.15, -0.1) is 11.3 Å². The zero-order valence-electron chi connectivity index (χ0n) is 9.51. The third kappa shape index (κ3) is 2.27. The highest BCUT2D eigenvalue weighted by molar-refractivity contribution is 7.71. The van der Waals surface area contributed by atoms with Crippen LogP contribution in [0.4, 0.5) is 5.82 Å². The van der Waals surface area contributed by atoms with E-state index in [1.165, 1.54) is 4.88 Å². The molecule has 90 valence electrons. The van der Waals surface area contributed by atoms with Gasteiger partial charge in [0.2, 0.25) is 0 Å². The number of aromatic amines is 1. The molecular weight excluding hydrogens is 262 g/mol. The van der Waals surface area contributed by atoms with Gasteiger partial charge in [-0.1, -0.05) is 30.4 Å². The number of anilines is 1. The molecule has 2 aromatic heterocycles. The Labute approximate surface area is 114 Å². The summed E-state index contributed by atoms with van der Waals surface area (Å²) < 4.78 is 0.644. The van der Waals surface area contributed by atoms with E-state index in [4.69, 9.17) is 12.2 Å². The minimum absolute atomic E-state index is 0.644. The van der Waals surface area contributed by atoms with Crippen molar-refractivity contribution < 1.29 is 0 Å². The average molecular weight is 273 g/mol. The lowest BCUT2D eigenvalue weighted by molar-refractivity contribution is 1.13. The number of nitrogens with zero attached hydrogens (tertiary/aromatic N) is 1. The summed E-state index contributed by atoms with van der Waals surface area (Å²) in [7, 11) is 0. The fraction of sp³-hybridized carbons (Fsp3) is 0.0769. The van der Waals surface area contributed by atoms with Crippen LogP contribution in [0.1, 0.15) is 4.88 Å². The fourth-order valence-electron chi connectivity index (χ4n) is 1.73.